The minimum atomic E-state index is -0.0283. The molecular weight excluding hydrogens is 222 g/mol. The molecule has 1 aliphatic rings. The maximum absolute atomic E-state index is 12.0. The third-order valence-corrected chi connectivity index (χ3v) is 3.07. The van der Waals surface area contributed by atoms with E-state index in [4.69, 9.17) is 0 Å². The van der Waals surface area contributed by atoms with Gasteiger partial charge in [0, 0.05) is 16.8 Å². The topological polar surface area (TPSA) is 29.1 Å². The Morgan fingerprint density at radius 3 is 2.61 bits per heavy atom. The highest BCUT2D eigenvalue weighted by Crippen LogP contribution is 2.33. The van der Waals surface area contributed by atoms with Gasteiger partial charge in [-0.25, -0.2) is 0 Å². The van der Waals surface area contributed by atoms with Crippen LogP contribution >= 0.6 is 0 Å². The third kappa shape index (κ3) is 1.82. The maximum Gasteiger partial charge on any atom is 0.256 e. The number of aryl methyl sites for hydroxylation is 1. The molecular formula is C16H13NO. The van der Waals surface area contributed by atoms with E-state index < -0.39 is 0 Å². The van der Waals surface area contributed by atoms with Gasteiger partial charge in [-0.3, -0.25) is 4.79 Å². The number of carbonyl (C=O) groups excluding carboxylic acids is 1. The van der Waals surface area contributed by atoms with Crippen molar-refractivity contribution in [2.24, 2.45) is 0 Å². The van der Waals surface area contributed by atoms with E-state index in [1.165, 1.54) is 0 Å². The summed E-state index contributed by atoms with van der Waals surface area (Å²) in [4.78, 5) is 12.0. The normalized spacial score (nSPS) is 15.6. The minimum absolute atomic E-state index is 0.0283. The van der Waals surface area contributed by atoms with E-state index in [1.54, 1.807) is 0 Å². The SMILES string of the molecule is Cc1ccc2c(c1)/C(=C/c1ccccc1)C(=O)N2. The van der Waals surface area contributed by atoms with Gasteiger partial charge in [0.15, 0.2) is 0 Å². The summed E-state index contributed by atoms with van der Waals surface area (Å²) in [6.45, 7) is 2.03. The lowest BCUT2D eigenvalue weighted by Crippen LogP contribution is -2.03. The molecule has 1 heterocycles. The molecule has 2 nitrogen and oxygen atoms in total. The first-order chi connectivity index (χ1) is 8.74. The van der Waals surface area contributed by atoms with Gasteiger partial charge in [-0.15, -0.1) is 0 Å². The van der Waals surface area contributed by atoms with Crippen LogP contribution in [-0.4, -0.2) is 5.91 Å². The van der Waals surface area contributed by atoms with Gasteiger partial charge in [0.2, 0.25) is 0 Å². The van der Waals surface area contributed by atoms with Gasteiger partial charge >= 0.3 is 0 Å². The highest BCUT2D eigenvalue weighted by molar-refractivity contribution is 6.34. The van der Waals surface area contributed by atoms with Crippen LogP contribution in [0.3, 0.4) is 0 Å². The molecule has 0 saturated heterocycles. The number of fused-ring (bicyclic) bond motifs is 1. The van der Waals surface area contributed by atoms with Crippen molar-refractivity contribution in [2.75, 3.05) is 5.32 Å². The summed E-state index contributed by atoms with van der Waals surface area (Å²) in [5, 5.41) is 2.89. The Hall–Kier alpha value is -2.35. The van der Waals surface area contributed by atoms with Crippen LogP contribution in [-0.2, 0) is 4.79 Å². The number of hydrogen-bond acceptors (Lipinski definition) is 1. The van der Waals surface area contributed by atoms with E-state index in [-0.39, 0.29) is 5.91 Å². The van der Waals surface area contributed by atoms with Gasteiger partial charge in [0.1, 0.15) is 0 Å². The zero-order chi connectivity index (χ0) is 12.5. The van der Waals surface area contributed by atoms with Crippen LogP contribution in [0.2, 0.25) is 0 Å². The fourth-order valence-electron chi connectivity index (χ4n) is 2.16. The molecule has 1 N–H and O–H groups in total. The summed E-state index contributed by atoms with van der Waals surface area (Å²) in [6.07, 6.45) is 1.93. The second kappa shape index (κ2) is 4.15. The zero-order valence-electron chi connectivity index (χ0n) is 10.1. The molecule has 18 heavy (non-hydrogen) atoms. The van der Waals surface area contributed by atoms with Crippen molar-refractivity contribution in [2.45, 2.75) is 6.92 Å². The molecule has 0 saturated carbocycles. The summed E-state index contributed by atoms with van der Waals surface area (Å²) in [7, 11) is 0. The number of anilines is 1. The highest BCUT2D eigenvalue weighted by Gasteiger charge is 2.23. The molecule has 88 valence electrons. The zero-order valence-corrected chi connectivity index (χ0v) is 10.1. The van der Waals surface area contributed by atoms with E-state index in [0.29, 0.717) is 0 Å². The molecule has 1 aliphatic heterocycles. The van der Waals surface area contributed by atoms with Crippen LogP contribution in [0.15, 0.2) is 48.5 Å². The lowest BCUT2D eigenvalue weighted by Gasteiger charge is -2.00. The fraction of sp³-hybridized carbons (Fsp3) is 0.0625. The molecule has 0 unspecified atom stereocenters. The Bertz CT molecular complexity index is 641. The Morgan fingerprint density at radius 2 is 1.83 bits per heavy atom. The van der Waals surface area contributed by atoms with Gasteiger partial charge in [0.25, 0.3) is 5.91 Å². The van der Waals surface area contributed by atoms with Crippen molar-refractivity contribution < 1.29 is 4.79 Å². The van der Waals surface area contributed by atoms with E-state index in [2.05, 4.69) is 5.32 Å². The fourth-order valence-corrected chi connectivity index (χ4v) is 2.16. The highest BCUT2D eigenvalue weighted by atomic mass is 16.2. The molecule has 1 amide bonds. The van der Waals surface area contributed by atoms with Crippen LogP contribution < -0.4 is 5.32 Å². The molecule has 0 bridgehead atoms. The molecule has 2 aromatic carbocycles. The van der Waals surface area contributed by atoms with E-state index in [9.17, 15) is 4.79 Å². The van der Waals surface area contributed by atoms with Crippen molar-refractivity contribution in [3.63, 3.8) is 0 Å². The lowest BCUT2D eigenvalue weighted by atomic mass is 10.0. The lowest BCUT2D eigenvalue weighted by molar-refractivity contribution is -0.110. The molecule has 0 radical (unpaired) electrons. The van der Waals surface area contributed by atoms with E-state index >= 15 is 0 Å². The summed E-state index contributed by atoms with van der Waals surface area (Å²) < 4.78 is 0. The summed E-state index contributed by atoms with van der Waals surface area (Å²) in [5.41, 5.74) is 4.82. The molecule has 2 aromatic rings. The second-order valence-corrected chi connectivity index (χ2v) is 4.47. The first-order valence-corrected chi connectivity index (χ1v) is 5.93. The molecule has 0 atom stereocenters. The smallest absolute Gasteiger partial charge is 0.256 e. The van der Waals surface area contributed by atoms with Gasteiger partial charge in [-0.1, -0.05) is 42.0 Å². The maximum atomic E-state index is 12.0. The average Bonchev–Trinajstić information content (AvgIpc) is 2.67. The Balaban J connectivity index is 2.12. The quantitative estimate of drug-likeness (QED) is 0.753. The van der Waals surface area contributed by atoms with Crippen molar-refractivity contribution in [1.82, 2.24) is 0 Å². The number of carbonyl (C=O) groups is 1. The second-order valence-electron chi connectivity index (χ2n) is 4.47. The van der Waals surface area contributed by atoms with Gasteiger partial charge < -0.3 is 5.32 Å². The van der Waals surface area contributed by atoms with E-state index in [1.807, 2.05) is 61.5 Å². The first-order valence-electron chi connectivity index (χ1n) is 5.93. The van der Waals surface area contributed by atoms with Crippen LogP contribution in [0, 0.1) is 6.92 Å². The number of benzene rings is 2. The van der Waals surface area contributed by atoms with Crippen LogP contribution in [0.5, 0.6) is 0 Å². The standard InChI is InChI=1S/C16H13NO/c1-11-7-8-15-13(9-11)14(16(18)17-15)10-12-5-3-2-4-6-12/h2-10H,1H3,(H,17,18)/b14-10-. The number of nitrogens with one attached hydrogen (secondary N) is 1. The van der Waals surface area contributed by atoms with Gasteiger partial charge in [-0.05, 0) is 30.7 Å². The minimum Gasteiger partial charge on any atom is -0.321 e. The largest absolute Gasteiger partial charge is 0.321 e. The molecule has 0 fully saturated rings. The van der Waals surface area contributed by atoms with Crippen molar-refractivity contribution in [1.29, 1.82) is 0 Å². The molecule has 0 spiro atoms. The first kappa shape index (κ1) is 10.8. The third-order valence-electron chi connectivity index (χ3n) is 3.07. The number of amides is 1. The molecule has 2 heteroatoms. The van der Waals surface area contributed by atoms with Crippen LogP contribution in [0.4, 0.5) is 5.69 Å². The average molecular weight is 235 g/mol. The van der Waals surface area contributed by atoms with E-state index in [0.717, 1.165) is 28.0 Å². The Kier molecular flexibility index (Phi) is 2.49. The van der Waals surface area contributed by atoms with Crippen LogP contribution in [0.25, 0.3) is 11.6 Å². The van der Waals surface area contributed by atoms with Crippen molar-refractivity contribution >= 4 is 23.2 Å². The van der Waals surface area contributed by atoms with Crippen molar-refractivity contribution in [3.8, 4) is 0 Å². The Morgan fingerprint density at radius 1 is 1.06 bits per heavy atom. The summed E-state index contributed by atoms with van der Waals surface area (Å²) >= 11 is 0. The van der Waals surface area contributed by atoms with Gasteiger partial charge in [-0.2, -0.15) is 0 Å². The molecule has 0 aliphatic carbocycles. The summed E-state index contributed by atoms with van der Waals surface area (Å²) in [6, 6.07) is 15.9. The predicted octanol–water partition coefficient (Wildman–Crippen LogP) is 3.49. The molecule has 0 aromatic heterocycles. The van der Waals surface area contributed by atoms with Gasteiger partial charge in [0.05, 0.1) is 0 Å². The monoisotopic (exact) mass is 235 g/mol. The summed E-state index contributed by atoms with van der Waals surface area (Å²) in [5.74, 6) is -0.0283. The van der Waals surface area contributed by atoms with Crippen LogP contribution in [0.1, 0.15) is 16.7 Å². The predicted molar refractivity (Wildman–Crippen MR) is 74.1 cm³/mol. The van der Waals surface area contributed by atoms with Crippen molar-refractivity contribution in [3.05, 3.63) is 65.2 Å². The number of hydrogen-bond donors (Lipinski definition) is 1. The Labute approximate surface area is 106 Å². The molecule has 3 rings (SSSR count). The number of rotatable bonds is 1.